The summed E-state index contributed by atoms with van der Waals surface area (Å²) in [7, 11) is 3.20. The van der Waals surface area contributed by atoms with Crippen LogP contribution in [0.4, 0.5) is 10.1 Å². The molecule has 31 heavy (non-hydrogen) atoms. The number of piperidine rings is 1. The average Bonchev–Trinajstić information content (AvgIpc) is 2.77. The normalized spacial score (nSPS) is 14.8. The second-order valence-corrected chi connectivity index (χ2v) is 8.10. The highest BCUT2D eigenvalue weighted by Crippen LogP contribution is 2.26. The number of amides is 2. The Bertz CT molecular complexity index is 912. The molecule has 3 rings (SSSR count). The van der Waals surface area contributed by atoms with E-state index in [0.29, 0.717) is 48.0 Å². The van der Waals surface area contributed by atoms with Gasteiger partial charge in [-0.25, -0.2) is 4.39 Å². The molecule has 6 nitrogen and oxygen atoms in total. The number of ether oxygens (including phenoxy) is 1. The number of benzene rings is 2. The lowest BCUT2D eigenvalue weighted by Gasteiger charge is -2.32. The number of nitrogens with zero attached hydrogens (tertiary/aromatic N) is 2. The fourth-order valence-corrected chi connectivity index (χ4v) is 3.88. The van der Waals surface area contributed by atoms with Gasteiger partial charge in [-0.1, -0.05) is 29.8 Å². The van der Waals surface area contributed by atoms with Gasteiger partial charge in [0.15, 0.2) is 0 Å². The van der Waals surface area contributed by atoms with E-state index in [9.17, 15) is 14.0 Å². The fourth-order valence-electron chi connectivity index (χ4n) is 3.66. The van der Waals surface area contributed by atoms with Gasteiger partial charge in [0.1, 0.15) is 11.6 Å². The number of carbonyl (C=O) groups is 2. The molecule has 2 amide bonds. The Hall–Kier alpha value is -2.64. The van der Waals surface area contributed by atoms with Crippen LogP contribution in [-0.4, -0.2) is 55.4 Å². The first-order valence-electron chi connectivity index (χ1n) is 10.2. The van der Waals surface area contributed by atoms with Crippen LogP contribution < -0.4 is 10.1 Å². The van der Waals surface area contributed by atoms with E-state index in [1.165, 1.54) is 17.0 Å². The smallest absolute Gasteiger partial charge is 0.236 e. The maximum absolute atomic E-state index is 14.0. The van der Waals surface area contributed by atoms with Crippen molar-refractivity contribution in [3.63, 3.8) is 0 Å². The summed E-state index contributed by atoms with van der Waals surface area (Å²) >= 11 is 6.06. The molecule has 1 fully saturated rings. The molecule has 1 aliphatic rings. The third-order valence-corrected chi connectivity index (χ3v) is 5.92. The zero-order valence-corrected chi connectivity index (χ0v) is 18.5. The van der Waals surface area contributed by atoms with Crippen LogP contribution in [0.3, 0.4) is 0 Å². The summed E-state index contributed by atoms with van der Waals surface area (Å²) < 4.78 is 19.3. The molecule has 0 aliphatic carbocycles. The summed E-state index contributed by atoms with van der Waals surface area (Å²) in [6.07, 6.45) is 1.33. The van der Waals surface area contributed by atoms with Crippen LogP contribution >= 0.6 is 11.6 Å². The summed E-state index contributed by atoms with van der Waals surface area (Å²) in [5, 5.41) is 3.24. The summed E-state index contributed by atoms with van der Waals surface area (Å²) in [6.45, 7) is 1.62. The Morgan fingerprint density at radius 1 is 1.19 bits per heavy atom. The molecule has 0 radical (unpaired) electrons. The van der Waals surface area contributed by atoms with Gasteiger partial charge in [0.05, 0.1) is 19.3 Å². The molecule has 0 aromatic heterocycles. The number of likely N-dealkylation sites (tertiary alicyclic amines) is 1. The Balaban J connectivity index is 1.48. The van der Waals surface area contributed by atoms with Crippen LogP contribution in [0, 0.1) is 11.7 Å². The predicted octanol–water partition coefficient (Wildman–Crippen LogP) is 3.80. The molecule has 166 valence electrons. The van der Waals surface area contributed by atoms with Crippen molar-refractivity contribution in [2.45, 2.75) is 19.4 Å². The Morgan fingerprint density at radius 3 is 2.58 bits per heavy atom. The summed E-state index contributed by atoms with van der Waals surface area (Å²) in [6, 6.07) is 11.8. The van der Waals surface area contributed by atoms with E-state index < -0.39 is 5.82 Å². The number of likely N-dealkylation sites (N-methyl/N-ethyl adjacent to an activating group) is 1. The Kier molecular flexibility index (Phi) is 7.87. The SMILES string of the molecule is COc1ccccc1NC(=O)C1CCN(CC(=O)N(C)Cc2c(F)cccc2Cl)CC1. The first-order chi connectivity index (χ1) is 14.9. The molecule has 0 unspecified atom stereocenters. The second-order valence-electron chi connectivity index (χ2n) is 7.69. The number of carbonyl (C=O) groups excluding carboxylic acids is 2. The Labute approximate surface area is 186 Å². The minimum Gasteiger partial charge on any atom is -0.495 e. The van der Waals surface area contributed by atoms with Gasteiger partial charge in [0.2, 0.25) is 11.8 Å². The van der Waals surface area contributed by atoms with Crippen molar-refractivity contribution in [1.29, 1.82) is 0 Å². The predicted molar refractivity (Wildman–Crippen MR) is 119 cm³/mol. The molecule has 0 atom stereocenters. The highest BCUT2D eigenvalue weighted by atomic mass is 35.5. The van der Waals surface area contributed by atoms with Gasteiger partial charge in [-0.2, -0.15) is 0 Å². The molecule has 0 saturated carbocycles. The molecule has 2 aromatic rings. The fraction of sp³-hybridized carbons (Fsp3) is 0.391. The average molecular weight is 448 g/mol. The lowest BCUT2D eigenvalue weighted by atomic mass is 9.95. The van der Waals surface area contributed by atoms with Crippen LogP contribution in [0.1, 0.15) is 18.4 Å². The van der Waals surface area contributed by atoms with Crippen LogP contribution in [0.15, 0.2) is 42.5 Å². The van der Waals surface area contributed by atoms with Crippen molar-refractivity contribution in [2.24, 2.45) is 5.92 Å². The maximum Gasteiger partial charge on any atom is 0.236 e. The molecule has 2 aromatic carbocycles. The van der Waals surface area contributed by atoms with Crippen LogP contribution in [0.2, 0.25) is 5.02 Å². The van der Waals surface area contributed by atoms with Gasteiger partial charge >= 0.3 is 0 Å². The lowest BCUT2D eigenvalue weighted by molar-refractivity contribution is -0.132. The zero-order chi connectivity index (χ0) is 22.4. The monoisotopic (exact) mass is 447 g/mol. The van der Waals surface area contributed by atoms with Gasteiger partial charge in [-0.05, 0) is 50.2 Å². The zero-order valence-electron chi connectivity index (χ0n) is 17.7. The summed E-state index contributed by atoms with van der Waals surface area (Å²) in [4.78, 5) is 28.7. The number of anilines is 1. The third kappa shape index (κ3) is 5.95. The highest BCUT2D eigenvalue weighted by molar-refractivity contribution is 6.31. The standard InChI is InChI=1S/C23H27ClFN3O3/c1-27(14-17-18(24)6-5-7-19(17)25)22(29)15-28-12-10-16(11-13-28)23(30)26-20-8-3-4-9-21(20)31-2/h3-9,16H,10-15H2,1-2H3,(H,26,30). The van der Waals surface area contributed by atoms with Gasteiger partial charge < -0.3 is 15.0 Å². The summed E-state index contributed by atoms with van der Waals surface area (Å²) in [5.41, 5.74) is 0.966. The first kappa shape index (κ1) is 23.0. The topological polar surface area (TPSA) is 61.9 Å². The highest BCUT2D eigenvalue weighted by Gasteiger charge is 2.27. The lowest BCUT2D eigenvalue weighted by Crippen LogP contribution is -2.43. The molecular formula is C23H27ClFN3O3. The number of nitrogens with one attached hydrogen (secondary N) is 1. The first-order valence-corrected chi connectivity index (χ1v) is 10.6. The van der Waals surface area contributed by atoms with Crippen LogP contribution in [0.25, 0.3) is 0 Å². The van der Waals surface area contributed by atoms with Crippen molar-refractivity contribution in [3.05, 3.63) is 58.9 Å². The third-order valence-electron chi connectivity index (χ3n) is 5.56. The quantitative estimate of drug-likeness (QED) is 0.701. The van der Waals surface area contributed by atoms with E-state index in [1.54, 1.807) is 26.3 Å². The number of halogens is 2. The minimum absolute atomic E-state index is 0.0400. The van der Waals surface area contributed by atoms with Gasteiger partial charge in [-0.3, -0.25) is 14.5 Å². The maximum atomic E-state index is 14.0. The molecule has 1 aliphatic heterocycles. The van der Waals surface area contributed by atoms with E-state index in [4.69, 9.17) is 16.3 Å². The minimum atomic E-state index is -0.422. The molecule has 0 bridgehead atoms. The van der Waals surface area contributed by atoms with E-state index in [0.717, 1.165) is 0 Å². The second kappa shape index (κ2) is 10.6. The Morgan fingerprint density at radius 2 is 1.90 bits per heavy atom. The van der Waals surface area contributed by atoms with E-state index in [1.807, 2.05) is 23.1 Å². The molecule has 1 N–H and O–H groups in total. The molecule has 1 saturated heterocycles. The van der Waals surface area contributed by atoms with Gasteiger partial charge in [0.25, 0.3) is 0 Å². The van der Waals surface area contributed by atoms with E-state index in [-0.39, 0.29) is 30.8 Å². The molecular weight excluding hydrogens is 421 g/mol. The molecule has 0 spiro atoms. The van der Waals surface area contributed by atoms with Crippen molar-refractivity contribution < 1.29 is 18.7 Å². The van der Waals surface area contributed by atoms with Crippen LogP contribution in [0.5, 0.6) is 5.75 Å². The van der Waals surface area contributed by atoms with Crippen molar-refractivity contribution in [3.8, 4) is 5.75 Å². The molecule has 8 heteroatoms. The van der Waals surface area contributed by atoms with Crippen molar-refractivity contribution >= 4 is 29.1 Å². The number of methoxy groups -OCH3 is 1. The van der Waals surface area contributed by atoms with Crippen molar-refractivity contribution in [2.75, 3.05) is 39.1 Å². The number of hydrogen-bond donors (Lipinski definition) is 1. The number of para-hydroxylation sites is 2. The van der Waals surface area contributed by atoms with Crippen molar-refractivity contribution in [1.82, 2.24) is 9.80 Å². The van der Waals surface area contributed by atoms with Gasteiger partial charge in [0, 0.05) is 30.1 Å². The van der Waals surface area contributed by atoms with E-state index in [2.05, 4.69) is 5.32 Å². The number of rotatable bonds is 7. The van der Waals surface area contributed by atoms with Gasteiger partial charge in [-0.15, -0.1) is 0 Å². The molecule has 1 heterocycles. The number of hydrogen-bond acceptors (Lipinski definition) is 4. The summed E-state index contributed by atoms with van der Waals surface area (Å²) in [5.74, 6) is -0.0739. The van der Waals surface area contributed by atoms with Crippen LogP contribution in [-0.2, 0) is 16.1 Å². The van der Waals surface area contributed by atoms with E-state index >= 15 is 0 Å². The largest absolute Gasteiger partial charge is 0.495 e.